The predicted molar refractivity (Wildman–Crippen MR) is 90.8 cm³/mol. The predicted octanol–water partition coefficient (Wildman–Crippen LogP) is 4.21. The zero-order valence-electron chi connectivity index (χ0n) is 11.6. The van der Waals surface area contributed by atoms with Crippen molar-refractivity contribution in [3.05, 3.63) is 74.5 Å². The maximum absolute atomic E-state index is 12.1. The average molecular weight is 343 g/mol. The fourth-order valence-electron chi connectivity index (χ4n) is 2.31. The number of anilines is 1. The Morgan fingerprint density at radius 2 is 1.95 bits per heavy atom. The Labute approximate surface area is 131 Å². The van der Waals surface area contributed by atoms with Gasteiger partial charge in [-0.05, 0) is 42.1 Å². The molecule has 1 aromatic heterocycles. The summed E-state index contributed by atoms with van der Waals surface area (Å²) in [6.07, 6.45) is 0. The monoisotopic (exact) mass is 342 g/mol. The van der Waals surface area contributed by atoms with Crippen molar-refractivity contribution in [3.8, 4) is 0 Å². The molecule has 106 valence electrons. The van der Waals surface area contributed by atoms with E-state index in [0.717, 1.165) is 32.2 Å². The first-order valence-electron chi connectivity index (χ1n) is 6.75. The van der Waals surface area contributed by atoms with E-state index in [-0.39, 0.29) is 5.56 Å². The second-order valence-corrected chi connectivity index (χ2v) is 5.83. The normalized spacial score (nSPS) is 10.8. The van der Waals surface area contributed by atoms with E-state index in [9.17, 15) is 4.79 Å². The first-order chi connectivity index (χ1) is 10.1. The van der Waals surface area contributed by atoms with Gasteiger partial charge in [-0.15, -0.1) is 0 Å². The average Bonchev–Trinajstić information content (AvgIpc) is 2.49. The van der Waals surface area contributed by atoms with E-state index in [4.69, 9.17) is 0 Å². The number of fused-ring (bicyclic) bond motifs is 1. The molecule has 21 heavy (non-hydrogen) atoms. The van der Waals surface area contributed by atoms with Crippen molar-refractivity contribution in [1.82, 2.24) is 4.98 Å². The molecule has 0 aliphatic rings. The molecule has 0 atom stereocenters. The van der Waals surface area contributed by atoms with E-state index in [1.165, 1.54) is 0 Å². The number of hydrogen-bond acceptors (Lipinski definition) is 2. The molecule has 2 aromatic carbocycles. The molecule has 0 aliphatic heterocycles. The summed E-state index contributed by atoms with van der Waals surface area (Å²) >= 11 is 3.51. The van der Waals surface area contributed by atoms with Crippen LogP contribution in [0.5, 0.6) is 0 Å². The quantitative estimate of drug-likeness (QED) is 0.748. The first kappa shape index (κ1) is 13.9. The Morgan fingerprint density at radius 3 is 2.81 bits per heavy atom. The van der Waals surface area contributed by atoms with Crippen LogP contribution in [0.15, 0.2) is 57.8 Å². The van der Waals surface area contributed by atoms with Gasteiger partial charge in [0, 0.05) is 27.8 Å². The lowest BCUT2D eigenvalue weighted by Gasteiger charge is -2.11. The number of aromatic amines is 1. The minimum absolute atomic E-state index is 0.0474. The summed E-state index contributed by atoms with van der Waals surface area (Å²) in [5.74, 6) is 0. The fourth-order valence-corrected chi connectivity index (χ4v) is 2.68. The molecule has 3 aromatic rings. The molecule has 1 heterocycles. The molecule has 0 bridgehead atoms. The Kier molecular flexibility index (Phi) is 3.80. The van der Waals surface area contributed by atoms with Crippen LogP contribution < -0.4 is 10.9 Å². The molecule has 2 N–H and O–H groups in total. The molecule has 3 nitrogen and oxygen atoms in total. The van der Waals surface area contributed by atoms with Gasteiger partial charge in [0.15, 0.2) is 0 Å². The van der Waals surface area contributed by atoms with Crippen LogP contribution in [-0.4, -0.2) is 4.98 Å². The third kappa shape index (κ3) is 2.85. The highest BCUT2D eigenvalue weighted by Gasteiger charge is 2.05. The Morgan fingerprint density at radius 1 is 1.14 bits per heavy atom. The van der Waals surface area contributed by atoms with Gasteiger partial charge in [-0.1, -0.05) is 40.2 Å². The van der Waals surface area contributed by atoms with E-state index >= 15 is 0 Å². The Bertz CT molecular complexity index is 855. The van der Waals surface area contributed by atoms with E-state index in [0.29, 0.717) is 6.54 Å². The van der Waals surface area contributed by atoms with Gasteiger partial charge in [-0.2, -0.15) is 0 Å². The summed E-state index contributed by atoms with van der Waals surface area (Å²) in [6.45, 7) is 2.54. The standard InChI is InChI=1S/C17H15BrN2O/c1-11-14(18)6-4-8-15(11)19-10-13-9-12-5-2-3-7-16(12)20-17(13)21/h2-9,19H,10H2,1H3,(H,20,21). The summed E-state index contributed by atoms with van der Waals surface area (Å²) < 4.78 is 1.06. The van der Waals surface area contributed by atoms with Gasteiger partial charge in [0.2, 0.25) is 0 Å². The molecule has 3 rings (SSSR count). The number of pyridine rings is 1. The van der Waals surface area contributed by atoms with Gasteiger partial charge in [-0.25, -0.2) is 0 Å². The fraction of sp³-hybridized carbons (Fsp3) is 0.118. The first-order valence-corrected chi connectivity index (χ1v) is 7.54. The van der Waals surface area contributed by atoms with Crippen LogP contribution in [0.3, 0.4) is 0 Å². The van der Waals surface area contributed by atoms with E-state index in [2.05, 4.69) is 26.2 Å². The largest absolute Gasteiger partial charge is 0.381 e. The van der Waals surface area contributed by atoms with Crippen molar-refractivity contribution >= 4 is 32.5 Å². The molecule has 0 amide bonds. The number of H-pyrrole nitrogens is 1. The van der Waals surface area contributed by atoms with Crippen LogP contribution in [0.4, 0.5) is 5.69 Å². The molecule has 0 unspecified atom stereocenters. The Hall–Kier alpha value is -2.07. The van der Waals surface area contributed by atoms with Crippen LogP contribution in [-0.2, 0) is 6.54 Å². The summed E-state index contributed by atoms with van der Waals surface area (Å²) in [4.78, 5) is 15.0. The number of aromatic nitrogens is 1. The van der Waals surface area contributed by atoms with Crippen LogP contribution in [0.25, 0.3) is 10.9 Å². The van der Waals surface area contributed by atoms with Gasteiger partial charge in [-0.3, -0.25) is 4.79 Å². The van der Waals surface area contributed by atoms with Gasteiger partial charge in [0.1, 0.15) is 0 Å². The number of para-hydroxylation sites is 1. The molecule has 0 saturated carbocycles. The summed E-state index contributed by atoms with van der Waals surface area (Å²) in [6, 6.07) is 15.7. The smallest absolute Gasteiger partial charge is 0.253 e. The number of benzene rings is 2. The van der Waals surface area contributed by atoms with E-state index < -0.39 is 0 Å². The molecule has 4 heteroatoms. The van der Waals surface area contributed by atoms with Gasteiger partial charge in [0.25, 0.3) is 5.56 Å². The van der Waals surface area contributed by atoms with Crippen LogP contribution in [0.2, 0.25) is 0 Å². The van der Waals surface area contributed by atoms with Gasteiger partial charge < -0.3 is 10.3 Å². The lowest BCUT2D eigenvalue weighted by atomic mass is 10.1. The highest BCUT2D eigenvalue weighted by molar-refractivity contribution is 9.10. The molecule has 0 radical (unpaired) electrons. The van der Waals surface area contributed by atoms with E-state index in [1.54, 1.807) is 0 Å². The highest BCUT2D eigenvalue weighted by atomic mass is 79.9. The van der Waals surface area contributed by atoms with Crippen molar-refractivity contribution in [2.24, 2.45) is 0 Å². The number of rotatable bonds is 3. The lowest BCUT2D eigenvalue weighted by molar-refractivity contribution is 1.08. The zero-order valence-corrected chi connectivity index (χ0v) is 13.2. The van der Waals surface area contributed by atoms with Crippen molar-refractivity contribution in [2.45, 2.75) is 13.5 Å². The van der Waals surface area contributed by atoms with Crippen LogP contribution in [0.1, 0.15) is 11.1 Å². The maximum atomic E-state index is 12.1. The molecular weight excluding hydrogens is 328 g/mol. The molecule has 0 saturated heterocycles. The maximum Gasteiger partial charge on any atom is 0.253 e. The summed E-state index contributed by atoms with van der Waals surface area (Å²) in [7, 11) is 0. The van der Waals surface area contributed by atoms with Crippen LogP contribution in [0, 0.1) is 6.92 Å². The summed E-state index contributed by atoms with van der Waals surface area (Å²) in [5, 5.41) is 4.37. The molecule has 0 spiro atoms. The number of nitrogens with one attached hydrogen (secondary N) is 2. The summed E-state index contributed by atoms with van der Waals surface area (Å²) in [5.41, 5.74) is 3.71. The number of hydrogen-bond donors (Lipinski definition) is 2. The minimum atomic E-state index is -0.0474. The third-order valence-corrected chi connectivity index (χ3v) is 4.43. The molecule has 0 aliphatic carbocycles. The lowest BCUT2D eigenvalue weighted by Crippen LogP contribution is -2.15. The Balaban J connectivity index is 1.90. The molecular formula is C17H15BrN2O. The topological polar surface area (TPSA) is 44.9 Å². The van der Waals surface area contributed by atoms with Crippen molar-refractivity contribution < 1.29 is 0 Å². The van der Waals surface area contributed by atoms with E-state index in [1.807, 2.05) is 55.5 Å². The van der Waals surface area contributed by atoms with Gasteiger partial charge in [0.05, 0.1) is 0 Å². The van der Waals surface area contributed by atoms with Crippen molar-refractivity contribution in [3.63, 3.8) is 0 Å². The van der Waals surface area contributed by atoms with Crippen LogP contribution >= 0.6 is 15.9 Å². The second kappa shape index (κ2) is 5.74. The van der Waals surface area contributed by atoms with Gasteiger partial charge >= 0.3 is 0 Å². The number of halogens is 1. The zero-order chi connectivity index (χ0) is 14.8. The minimum Gasteiger partial charge on any atom is -0.381 e. The molecule has 0 fully saturated rings. The third-order valence-electron chi connectivity index (χ3n) is 3.57. The SMILES string of the molecule is Cc1c(Br)cccc1NCc1cc2ccccc2[nH]c1=O. The second-order valence-electron chi connectivity index (χ2n) is 4.98. The van der Waals surface area contributed by atoms with Crippen molar-refractivity contribution in [2.75, 3.05) is 5.32 Å². The highest BCUT2D eigenvalue weighted by Crippen LogP contribution is 2.23. The van der Waals surface area contributed by atoms with Crippen molar-refractivity contribution in [1.29, 1.82) is 0 Å².